The van der Waals surface area contributed by atoms with E-state index in [-0.39, 0.29) is 6.54 Å². The molecule has 3 rings (SSSR count). The van der Waals surface area contributed by atoms with Gasteiger partial charge in [0.1, 0.15) is 5.75 Å². The lowest BCUT2D eigenvalue weighted by atomic mass is 10.1. The third kappa shape index (κ3) is 2.16. The Bertz CT molecular complexity index is 740. The maximum absolute atomic E-state index is 12.2. The van der Waals surface area contributed by atoms with Gasteiger partial charge in [-0.05, 0) is 30.7 Å². The van der Waals surface area contributed by atoms with Gasteiger partial charge in [0.05, 0.1) is 30.6 Å². The van der Waals surface area contributed by atoms with E-state index in [1.54, 1.807) is 31.5 Å². The van der Waals surface area contributed by atoms with Gasteiger partial charge in [0.15, 0.2) is 0 Å². The monoisotopic (exact) mass is 282 g/mol. The molecule has 1 amide bonds. The Hall–Kier alpha value is -2.69. The molecule has 21 heavy (non-hydrogen) atoms. The van der Waals surface area contributed by atoms with Crippen molar-refractivity contribution in [2.24, 2.45) is 0 Å². The summed E-state index contributed by atoms with van der Waals surface area (Å²) in [7, 11) is 1.55. The first-order valence-electron chi connectivity index (χ1n) is 6.56. The molecule has 0 radical (unpaired) electrons. The smallest absolute Gasteiger partial charge is 0.299 e. The zero-order chi connectivity index (χ0) is 15.0. The van der Waals surface area contributed by atoms with Crippen molar-refractivity contribution in [1.82, 2.24) is 4.98 Å². The van der Waals surface area contributed by atoms with Crippen LogP contribution in [0.5, 0.6) is 5.75 Å². The molecule has 0 bridgehead atoms. The van der Waals surface area contributed by atoms with E-state index >= 15 is 0 Å². The number of nitrogens with zero attached hydrogens (tertiary/aromatic N) is 2. The maximum atomic E-state index is 12.2. The van der Waals surface area contributed by atoms with Gasteiger partial charge in [-0.1, -0.05) is 6.07 Å². The molecule has 0 fully saturated rings. The number of hydrogen-bond donors (Lipinski definition) is 0. The third-order valence-electron chi connectivity index (χ3n) is 3.61. The second-order valence-corrected chi connectivity index (χ2v) is 4.87. The number of methoxy groups -OCH3 is 1. The molecule has 0 saturated heterocycles. The molecule has 5 nitrogen and oxygen atoms in total. The number of amides is 1. The number of aryl methyl sites for hydroxylation is 1. The van der Waals surface area contributed by atoms with Crippen molar-refractivity contribution in [2.45, 2.75) is 13.5 Å². The minimum absolute atomic E-state index is 0.275. The lowest BCUT2D eigenvalue weighted by Crippen LogP contribution is -2.29. The maximum Gasteiger partial charge on any atom is 0.299 e. The zero-order valence-electron chi connectivity index (χ0n) is 11.8. The van der Waals surface area contributed by atoms with E-state index in [1.807, 2.05) is 19.1 Å². The molecule has 1 aromatic carbocycles. The molecular formula is C16H14N2O3. The van der Waals surface area contributed by atoms with Crippen LogP contribution < -0.4 is 9.64 Å². The summed E-state index contributed by atoms with van der Waals surface area (Å²) in [5, 5.41) is 0. The molecule has 0 spiro atoms. The summed E-state index contributed by atoms with van der Waals surface area (Å²) in [4.78, 5) is 29.9. The van der Waals surface area contributed by atoms with Gasteiger partial charge in [-0.2, -0.15) is 0 Å². The molecular weight excluding hydrogens is 268 g/mol. The summed E-state index contributed by atoms with van der Waals surface area (Å²) in [6.07, 6.45) is 1.68. The minimum Gasteiger partial charge on any atom is -0.497 e. The van der Waals surface area contributed by atoms with Gasteiger partial charge in [-0.3, -0.25) is 19.5 Å². The van der Waals surface area contributed by atoms with Crippen molar-refractivity contribution in [3.63, 3.8) is 0 Å². The standard InChI is InChI=1S/C16H14N2O3/c1-10-4-3-7-17-13(10)9-18-14-8-11(21-2)5-6-12(14)15(19)16(18)20/h3-8H,9H2,1-2H3. The topological polar surface area (TPSA) is 59.5 Å². The van der Waals surface area contributed by atoms with E-state index < -0.39 is 11.7 Å². The quantitative estimate of drug-likeness (QED) is 0.809. The number of anilines is 1. The Labute approximate surface area is 122 Å². The van der Waals surface area contributed by atoms with Gasteiger partial charge in [-0.25, -0.2) is 0 Å². The first-order chi connectivity index (χ1) is 10.1. The van der Waals surface area contributed by atoms with Crippen LogP contribution in [0.25, 0.3) is 0 Å². The lowest BCUT2D eigenvalue weighted by molar-refractivity contribution is -0.114. The average molecular weight is 282 g/mol. The van der Waals surface area contributed by atoms with Crippen LogP contribution in [-0.4, -0.2) is 23.8 Å². The zero-order valence-corrected chi connectivity index (χ0v) is 11.8. The summed E-state index contributed by atoms with van der Waals surface area (Å²) >= 11 is 0. The van der Waals surface area contributed by atoms with Crippen LogP contribution in [0, 0.1) is 6.92 Å². The molecule has 2 heterocycles. The van der Waals surface area contributed by atoms with Crippen LogP contribution in [0.3, 0.4) is 0 Å². The number of pyridine rings is 1. The summed E-state index contributed by atoms with van der Waals surface area (Å²) in [6, 6.07) is 8.78. The third-order valence-corrected chi connectivity index (χ3v) is 3.61. The van der Waals surface area contributed by atoms with Gasteiger partial charge in [0, 0.05) is 12.3 Å². The van der Waals surface area contributed by atoms with Crippen molar-refractivity contribution in [3.05, 3.63) is 53.3 Å². The van der Waals surface area contributed by atoms with Crippen LogP contribution in [0.2, 0.25) is 0 Å². The van der Waals surface area contributed by atoms with Gasteiger partial charge in [0.25, 0.3) is 11.7 Å². The number of carbonyl (C=O) groups is 2. The largest absolute Gasteiger partial charge is 0.497 e. The van der Waals surface area contributed by atoms with Crippen molar-refractivity contribution >= 4 is 17.4 Å². The second kappa shape index (κ2) is 5.01. The SMILES string of the molecule is COc1ccc2c(c1)N(Cc1ncccc1C)C(=O)C2=O. The summed E-state index contributed by atoms with van der Waals surface area (Å²) in [6.45, 7) is 2.20. The molecule has 0 saturated carbocycles. The number of benzene rings is 1. The van der Waals surface area contributed by atoms with Gasteiger partial charge in [0.2, 0.25) is 0 Å². The number of ketones is 1. The van der Waals surface area contributed by atoms with Gasteiger partial charge in [-0.15, -0.1) is 0 Å². The first-order valence-corrected chi connectivity index (χ1v) is 6.56. The number of rotatable bonds is 3. The van der Waals surface area contributed by atoms with Crippen molar-refractivity contribution in [3.8, 4) is 5.75 Å². The highest BCUT2D eigenvalue weighted by atomic mass is 16.5. The molecule has 1 aromatic heterocycles. The molecule has 1 aliphatic rings. The summed E-state index contributed by atoms with van der Waals surface area (Å²) < 4.78 is 5.17. The molecule has 0 aliphatic carbocycles. The van der Waals surface area contributed by atoms with Crippen molar-refractivity contribution < 1.29 is 14.3 Å². The van der Waals surface area contributed by atoms with Gasteiger partial charge >= 0.3 is 0 Å². The van der Waals surface area contributed by atoms with Crippen LogP contribution in [0.1, 0.15) is 21.6 Å². The highest BCUT2D eigenvalue weighted by Crippen LogP contribution is 2.33. The Kier molecular flexibility index (Phi) is 3.17. The average Bonchev–Trinajstić information content (AvgIpc) is 2.74. The molecule has 5 heteroatoms. The van der Waals surface area contributed by atoms with Crippen LogP contribution in [0.4, 0.5) is 5.69 Å². The van der Waals surface area contributed by atoms with Crippen LogP contribution in [0.15, 0.2) is 36.5 Å². The van der Waals surface area contributed by atoms with Crippen LogP contribution >= 0.6 is 0 Å². The summed E-state index contributed by atoms with van der Waals surface area (Å²) in [5.41, 5.74) is 2.74. The molecule has 0 unspecified atom stereocenters. The Morgan fingerprint density at radius 1 is 1.24 bits per heavy atom. The summed E-state index contributed by atoms with van der Waals surface area (Å²) in [5.74, 6) is -0.400. The highest BCUT2D eigenvalue weighted by molar-refractivity contribution is 6.52. The molecule has 106 valence electrons. The van der Waals surface area contributed by atoms with Crippen LogP contribution in [-0.2, 0) is 11.3 Å². The number of fused-ring (bicyclic) bond motifs is 1. The molecule has 1 aliphatic heterocycles. The number of ether oxygens (including phenoxy) is 1. The number of Topliss-reactive ketones (excluding diaryl/α,β-unsaturated/α-hetero) is 1. The number of aromatic nitrogens is 1. The molecule has 0 N–H and O–H groups in total. The first kappa shape index (κ1) is 13.3. The predicted molar refractivity (Wildman–Crippen MR) is 77.5 cm³/mol. The highest BCUT2D eigenvalue weighted by Gasteiger charge is 2.36. The van der Waals surface area contributed by atoms with Gasteiger partial charge < -0.3 is 4.74 Å². The van der Waals surface area contributed by atoms with E-state index in [0.29, 0.717) is 17.0 Å². The van der Waals surface area contributed by atoms with E-state index in [9.17, 15) is 9.59 Å². The predicted octanol–water partition coefficient (Wildman–Crippen LogP) is 2.13. The molecule has 2 aromatic rings. The number of hydrogen-bond acceptors (Lipinski definition) is 4. The van der Waals surface area contributed by atoms with E-state index in [2.05, 4.69) is 4.98 Å². The van der Waals surface area contributed by atoms with Crippen molar-refractivity contribution in [2.75, 3.05) is 12.0 Å². The Balaban J connectivity index is 2.02. The van der Waals surface area contributed by atoms with Crippen molar-refractivity contribution in [1.29, 1.82) is 0 Å². The lowest BCUT2D eigenvalue weighted by Gasteiger charge is -2.17. The van der Waals surface area contributed by atoms with E-state index in [1.165, 1.54) is 4.90 Å². The second-order valence-electron chi connectivity index (χ2n) is 4.87. The van der Waals surface area contributed by atoms with E-state index in [0.717, 1.165) is 11.3 Å². The molecule has 0 atom stereocenters. The normalized spacial score (nSPS) is 13.5. The fourth-order valence-corrected chi connectivity index (χ4v) is 2.39. The Morgan fingerprint density at radius 3 is 2.76 bits per heavy atom. The number of carbonyl (C=O) groups excluding carboxylic acids is 2. The fourth-order valence-electron chi connectivity index (χ4n) is 2.39. The minimum atomic E-state index is -0.525. The Morgan fingerprint density at radius 2 is 2.05 bits per heavy atom. The fraction of sp³-hybridized carbons (Fsp3) is 0.188. The van der Waals surface area contributed by atoms with E-state index in [4.69, 9.17) is 4.74 Å².